The van der Waals surface area contributed by atoms with Crippen molar-refractivity contribution >= 4 is 17.3 Å². The highest BCUT2D eigenvalue weighted by atomic mass is 16.5. The normalized spacial score (nSPS) is 15.3. The van der Waals surface area contributed by atoms with Crippen molar-refractivity contribution in [2.24, 2.45) is 0 Å². The zero-order valence-corrected chi connectivity index (χ0v) is 22.1. The zero-order chi connectivity index (χ0) is 26.3. The van der Waals surface area contributed by atoms with Crippen LogP contribution < -0.4 is 26.4 Å². The van der Waals surface area contributed by atoms with E-state index >= 15 is 0 Å². The Labute approximate surface area is 221 Å². The second-order valence-corrected chi connectivity index (χ2v) is 8.78. The number of piperazine rings is 1. The van der Waals surface area contributed by atoms with Crippen LogP contribution in [-0.4, -0.2) is 47.9 Å². The van der Waals surface area contributed by atoms with Crippen molar-refractivity contribution in [3.63, 3.8) is 0 Å². The van der Waals surface area contributed by atoms with Gasteiger partial charge in [-0.1, -0.05) is 51.3 Å². The van der Waals surface area contributed by atoms with E-state index in [9.17, 15) is 0 Å². The summed E-state index contributed by atoms with van der Waals surface area (Å²) in [5.74, 6) is 2.44. The van der Waals surface area contributed by atoms with Crippen LogP contribution in [0, 0.1) is 5.41 Å². The molecule has 2 aliphatic rings. The number of nitrogens with zero attached hydrogens (tertiary/aromatic N) is 2. The number of hydrogen-bond acceptors (Lipinski definition) is 8. The number of nitrogens with two attached hydrogens (primary N) is 1. The standard InChI is InChI=1S/C23H25N5O.C4H10N2.C2H6/c24-21(16-11-13-19(14-12-16)29-18-9-5-2-6-10-18)20-22(25)26-15-27-23(20)28-17-7-3-1-4-8-17;1-2-6-4-3-5-1;1-2/h2,5-6,9-15,17,24H,1,3-4,7-8H2,(H3,25,26,27,28);5-6H,1-4H2;1-2H3. The van der Waals surface area contributed by atoms with E-state index in [-0.39, 0.29) is 0 Å². The molecule has 2 fully saturated rings. The molecule has 0 amide bonds. The number of aromatic nitrogens is 2. The number of ether oxygens (including phenoxy) is 1. The molecule has 6 N–H and O–H groups in total. The maximum atomic E-state index is 8.72. The Morgan fingerprint density at radius 3 is 2.05 bits per heavy atom. The molecule has 5 rings (SSSR count). The summed E-state index contributed by atoms with van der Waals surface area (Å²) in [7, 11) is 0. The van der Waals surface area contributed by atoms with E-state index in [1.165, 1.54) is 25.6 Å². The molecule has 1 saturated carbocycles. The smallest absolute Gasteiger partial charge is 0.141 e. The van der Waals surface area contributed by atoms with Crippen molar-refractivity contribution in [3.8, 4) is 11.5 Å². The minimum absolute atomic E-state index is 0.299. The van der Waals surface area contributed by atoms with E-state index in [4.69, 9.17) is 15.9 Å². The Bertz CT molecular complexity index is 1050. The Balaban J connectivity index is 0.000000412. The number of nitrogens with one attached hydrogen (secondary N) is 4. The molecule has 2 aromatic carbocycles. The average Bonchev–Trinajstić information content (AvgIpc) is 2.97. The summed E-state index contributed by atoms with van der Waals surface area (Å²) in [6.45, 7) is 8.56. The zero-order valence-electron chi connectivity index (χ0n) is 22.1. The summed E-state index contributed by atoms with van der Waals surface area (Å²) < 4.78 is 5.83. The number of anilines is 2. The molecule has 3 aromatic rings. The fourth-order valence-electron chi connectivity index (χ4n) is 4.26. The van der Waals surface area contributed by atoms with Crippen LogP contribution >= 0.6 is 0 Å². The quantitative estimate of drug-likeness (QED) is 0.293. The predicted molar refractivity (Wildman–Crippen MR) is 153 cm³/mol. The van der Waals surface area contributed by atoms with Crippen LogP contribution in [-0.2, 0) is 0 Å². The molecule has 0 bridgehead atoms. The molecule has 0 unspecified atom stereocenters. The summed E-state index contributed by atoms with van der Waals surface area (Å²) >= 11 is 0. The minimum Gasteiger partial charge on any atom is -0.457 e. The minimum atomic E-state index is 0.299. The van der Waals surface area contributed by atoms with E-state index in [0.717, 1.165) is 50.3 Å². The second-order valence-electron chi connectivity index (χ2n) is 8.78. The monoisotopic (exact) mass is 503 g/mol. The highest BCUT2D eigenvalue weighted by Gasteiger charge is 2.20. The molecule has 1 saturated heterocycles. The summed E-state index contributed by atoms with van der Waals surface area (Å²) in [6, 6.07) is 17.4. The van der Waals surface area contributed by atoms with Crippen molar-refractivity contribution in [2.75, 3.05) is 37.2 Å². The van der Waals surface area contributed by atoms with Gasteiger partial charge in [0.15, 0.2) is 0 Å². The maximum Gasteiger partial charge on any atom is 0.141 e. The first-order chi connectivity index (χ1) is 18.2. The van der Waals surface area contributed by atoms with Gasteiger partial charge < -0.3 is 26.4 Å². The number of nitrogen functional groups attached to an aromatic ring is 1. The Morgan fingerprint density at radius 1 is 0.865 bits per heavy atom. The lowest BCUT2D eigenvalue weighted by Crippen LogP contribution is -2.39. The molecule has 1 aliphatic carbocycles. The first kappa shape index (κ1) is 28.1. The van der Waals surface area contributed by atoms with Gasteiger partial charge in [-0.05, 0) is 49.2 Å². The van der Waals surface area contributed by atoms with Gasteiger partial charge in [-0.3, -0.25) is 5.41 Å². The van der Waals surface area contributed by atoms with Crippen molar-refractivity contribution in [1.29, 1.82) is 5.41 Å². The molecular formula is C29H41N7O. The summed E-state index contributed by atoms with van der Waals surface area (Å²) in [4.78, 5) is 8.50. The third-order valence-corrected chi connectivity index (χ3v) is 6.15. The molecule has 37 heavy (non-hydrogen) atoms. The van der Waals surface area contributed by atoms with E-state index in [2.05, 4.69) is 25.9 Å². The van der Waals surface area contributed by atoms with Gasteiger partial charge in [0.1, 0.15) is 29.5 Å². The van der Waals surface area contributed by atoms with Crippen LogP contribution in [0.4, 0.5) is 11.6 Å². The first-order valence-corrected chi connectivity index (χ1v) is 13.4. The first-order valence-electron chi connectivity index (χ1n) is 13.4. The predicted octanol–water partition coefficient (Wildman–Crippen LogP) is 5.22. The fourth-order valence-corrected chi connectivity index (χ4v) is 4.26. The lowest BCUT2D eigenvalue weighted by molar-refractivity contribution is 0.462. The molecule has 2 heterocycles. The van der Waals surface area contributed by atoms with Crippen molar-refractivity contribution in [1.82, 2.24) is 20.6 Å². The molecule has 0 atom stereocenters. The molecular weight excluding hydrogens is 462 g/mol. The topological polar surface area (TPSA) is 121 Å². The van der Waals surface area contributed by atoms with Crippen LogP contribution in [0.1, 0.15) is 57.1 Å². The van der Waals surface area contributed by atoms with Gasteiger partial charge in [0, 0.05) is 37.8 Å². The van der Waals surface area contributed by atoms with E-state index in [0.29, 0.717) is 34.7 Å². The Kier molecular flexibility index (Phi) is 11.8. The van der Waals surface area contributed by atoms with Gasteiger partial charge in [0.2, 0.25) is 0 Å². The van der Waals surface area contributed by atoms with E-state index < -0.39 is 0 Å². The largest absolute Gasteiger partial charge is 0.457 e. The van der Waals surface area contributed by atoms with Crippen LogP contribution in [0.3, 0.4) is 0 Å². The van der Waals surface area contributed by atoms with Crippen molar-refractivity contribution in [2.45, 2.75) is 52.0 Å². The SMILES string of the molecule is C1CNCCN1.CC.N=C(c1ccc(Oc2ccccc2)cc1)c1c(N)ncnc1NC1CCCCC1. The van der Waals surface area contributed by atoms with Gasteiger partial charge in [-0.25, -0.2) is 9.97 Å². The average molecular weight is 504 g/mol. The number of rotatable bonds is 6. The van der Waals surface area contributed by atoms with Crippen LogP contribution in [0.15, 0.2) is 60.9 Å². The van der Waals surface area contributed by atoms with Crippen molar-refractivity contribution < 1.29 is 4.74 Å². The van der Waals surface area contributed by atoms with Gasteiger partial charge in [-0.2, -0.15) is 0 Å². The van der Waals surface area contributed by atoms with E-state index in [1.807, 2.05) is 68.4 Å². The van der Waals surface area contributed by atoms with Gasteiger partial charge in [0.05, 0.1) is 11.3 Å². The number of para-hydroxylation sites is 1. The Hall–Kier alpha value is -3.49. The molecule has 0 spiro atoms. The number of hydrogen-bond donors (Lipinski definition) is 5. The molecule has 8 heteroatoms. The summed E-state index contributed by atoms with van der Waals surface area (Å²) in [6.07, 6.45) is 7.39. The molecule has 1 aliphatic heterocycles. The van der Waals surface area contributed by atoms with Crippen LogP contribution in [0.25, 0.3) is 0 Å². The van der Waals surface area contributed by atoms with Gasteiger partial charge in [0.25, 0.3) is 0 Å². The second kappa shape index (κ2) is 15.6. The molecule has 8 nitrogen and oxygen atoms in total. The lowest BCUT2D eigenvalue weighted by atomic mass is 9.95. The Morgan fingerprint density at radius 2 is 1.46 bits per heavy atom. The molecule has 1 aromatic heterocycles. The fraction of sp³-hybridized carbons (Fsp3) is 0.414. The van der Waals surface area contributed by atoms with Crippen LogP contribution in [0.2, 0.25) is 0 Å². The summed E-state index contributed by atoms with van der Waals surface area (Å²) in [5, 5.41) is 18.7. The highest BCUT2D eigenvalue weighted by molar-refractivity contribution is 6.16. The number of benzene rings is 2. The highest BCUT2D eigenvalue weighted by Crippen LogP contribution is 2.27. The third kappa shape index (κ3) is 8.84. The van der Waals surface area contributed by atoms with Crippen LogP contribution in [0.5, 0.6) is 11.5 Å². The van der Waals surface area contributed by atoms with Gasteiger partial charge >= 0.3 is 0 Å². The molecule has 0 radical (unpaired) electrons. The van der Waals surface area contributed by atoms with Crippen molar-refractivity contribution in [3.05, 3.63) is 72.1 Å². The van der Waals surface area contributed by atoms with E-state index in [1.54, 1.807) is 0 Å². The maximum absolute atomic E-state index is 8.72. The van der Waals surface area contributed by atoms with Gasteiger partial charge in [-0.15, -0.1) is 0 Å². The third-order valence-electron chi connectivity index (χ3n) is 6.15. The molecule has 198 valence electrons. The lowest BCUT2D eigenvalue weighted by Gasteiger charge is -2.24. The summed E-state index contributed by atoms with van der Waals surface area (Å²) in [5.41, 5.74) is 7.72.